The molecule has 1 aromatic rings. The molecule has 0 saturated heterocycles. The van der Waals surface area contributed by atoms with E-state index in [0.717, 1.165) is 0 Å². The summed E-state index contributed by atoms with van der Waals surface area (Å²) < 4.78 is 0. The summed E-state index contributed by atoms with van der Waals surface area (Å²) in [7, 11) is 1.52. The topological polar surface area (TPSA) is 75.5 Å². The molecule has 98 valence electrons. The van der Waals surface area contributed by atoms with Crippen LogP contribution in [0.2, 0.25) is 5.02 Å². The van der Waals surface area contributed by atoms with Crippen LogP contribution in [0.5, 0.6) is 0 Å². The fourth-order valence-electron chi connectivity index (χ4n) is 1.56. The van der Waals surface area contributed by atoms with E-state index in [1.807, 2.05) is 6.92 Å². The number of likely N-dealkylation sites (N-methyl/N-ethyl adjacent to an activating group) is 2. The first-order valence-electron chi connectivity index (χ1n) is 5.39. The molecule has 0 aliphatic rings. The monoisotopic (exact) mass is 271 g/mol. The van der Waals surface area contributed by atoms with Crippen LogP contribution in [0.3, 0.4) is 0 Å². The van der Waals surface area contributed by atoms with Gasteiger partial charge in [-0.05, 0) is 19.1 Å². The van der Waals surface area contributed by atoms with Crippen molar-refractivity contribution in [2.45, 2.75) is 6.92 Å². The Balaban J connectivity index is 3.17. The lowest BCUT2D eigenvalue weighted by molar-refractivity contribution is -0.384. The van der Waals surface area contributed by atoms with Gasteiger partial charge >= 0.3 is 5.69 Å². The van der Waals surface area contributed by atoms with Crippen LogP contribution in [0.4, 0.5) is 11.4 Å². The van der Waals surface area contributed by atoms with Gasteiger partial charge in [-0.1, -0.05) is 17.7 Å². The number of rotatable bonds is 5. The van der Waals surface area contributed by atoms with Crippen LogP contribution >= 0.6 is 11.6 Å². The molecule has 0 saturated carbocycles. The first kappa shape index (κ1) is 14.2. The number of nitrogens with zero attached hydrogens (tertiary/aromatic N) is 2. The number of nitro benzene ring substituents is 1. The van der Waals surface area contributed by atoms with E-state index in [1.54, 1.807) is 17.0 Å². The molecule has 7 heteroatoms. The summed E-state index contributed by atoms with van der Waals surface area (Å²) in [6.07, 6.45) is 0. The molecule has 0 heterocycles. The average Bonchev–Trinajstić information content (AvgIpc) is 2.34. The highest BCUT2D eigenvalue weighted by molar-refractivity contribution is 6.33. The molecule has 0 atom stereocenters. The molecule has 0 aliphatic heterocycles. The number of carbonyl (C=O) groups is 1. The maximum absolute atomic E-state index is 11.4. The summed E-state index contributed by atoms with van der Waals surface area (Å²) in [6, 6.07) is 4.66. The molecular weight excluding hydrogens is 258 g/mol. The van der Waals surface area contributed by atoms with Crippen LogP contribution in [0.1, 0.15) is 6.92 Å². The minimum Gasteiger partial charge on any atom is -0.358 e. The molecule has 0 fully saturated rings. The van der Waals surface area contributed by atoms with Crippen molar-refractivity contribution >= 4 is 28.9 Å². The number of hydrogen-bond donors (Lipinski definition) is 1. The first-order valence-corrected chi connectivity index (χ1v) is 5.77. The summed E-state index contributed by atoms with van der Waals surface area (Å²) in [5, 5.41) is 13.6. The van der Waals surface area contributed by atoms with Gasteiger partial charge < -0.3 is 10.2 Å². The zero-order chi connectivity index (χ0) is 13.7. The van der Waals surface area contributed by atoms with Crippen molar-refractivity contribution in [3.63, 3.8) is 0 Å². The van der Waals surface area contributed by atoms with Gasteiger partial charge in [0.25, 0.3) is 0 Å². The highest BCUT2D eigenvalue weighted by Crippen LogP contribution is 2.34. The maximum Gasteiger partial charge on any atom is 0.310 e. The number of benzene rings is 1. The van der Waals surface area contributed by atoms with Gasteiger partial charge in [0.2, 0.25) is 5.91 Å². The van der Waals surface area contributed by atoms with Gasteiger partial charge in [0.15, 0.2) is 0 Å². The van der Waals surface area contributed by atoms with E-state index >= 15 is 0 Å². The fraction of sp³-hybridized carbons (Fsp3) is 0.364. The van der Waals surface area contributed by atoms with E-state index in [9.17, 15) is 14.9 Å². The summed E-state index contributed by atoms with van der Waals surface area (Å²) in [6.45, 7) is 2.33. The quantitative estimate of drug-likeness (QED) is 0.655. The second-order valence-corrected chi connectivity index (χ2v) is 3.96. The Morgan fingerprint density at radius 2 is 2.22 bits per heavy atom. The molecule has 1 N–H and O–H groups in total. The highest BCUT2D eigenvalue weighted by Gasteiger charge is 2.23. The van der Waals surface area contributed by atoms with E-state index in [1.165, 1.54) is 13.1 Å². The Hall–Kier alpha value is -1.82. The maximum atomic E-state index is 11.4. The van der Waals surface area contributed by atoms with Crippen molar-refractivity contribution in [2.24, 2.45) is 0 Å². The summed E-state index contributed by atoms with van der Waals surface area (Å²) in [5.41, 5.74) is 0.170. The van der Waals surface area contributed by atoms with Crippen LogP contribution < -0.4 is 10.2 Å². The van der Waals surface area contributed by atoms with Crippen molar-refractivity contribution in [3.05, 3.63) is 33.3 Å². The van der Waals surface area contributed by atoms with Gasteiger partial charge in [-0.25, -0.2) is 0 Å². The summed E-state index contributed by atoms with van der Waals surface area (Å²) in [5.74, 6) is -0.217. The Kier molecular flexibility index (Phi) is 4.91. The molecule has 0 aliphatic carbocycles. The molecule has 0 spiro atoms. The summed E-state index contributed by atoms with van der Waals surface area (Å²) in [4.78, 5) is 23.4. The number of hydrogen-bond acceptors (Lipinski definition) is 4. The van der Waals surface area contributed by atoms with Gasteiger partial charge in [0.05, 0.1) is 11.5 Å². The smallest absolute Gasteiger partial charge is 0.310 e. The van der Waals surface area contributed by atoms with Crippen LogP contribution in [-0.4, -0.2) is 31.0 Å². The lowest BCUT2D eigenvalue weighted by Gasteiger charge is -2.21. The van der Waals surface area contributed by atoms with Gasteiger partial charge in [0.1, 0.15) is 10.7 Å². The van der Waals surface area contributed by atoms with Crippen LogP contribution in [0.25, 0.3) is 0 Å². The third-order valence-electron chi connectivity index (χ3n) is 2.48. The molecule has 0 unspecified atom stereocenters. The zero-order valence-corrected chi connectivity index (χ0v) is 10.9. The van der Waals surface area contributed by atoms with Crippen molar-refractivity contribution in [1.82, 2.24) is 5.32 Å². The number of nitro groups is 1. The van der Waals surface area contributed by atoms with E-state index < -0.39 is 4.92 Å². The Morgan fingerprint density at radius 3 is 2.72 bits per heavy atom. The second kappa shape index (κ2) is 6.20. The Labute approximate surface area is 110 Å². The van der Waals surface area contributed by atoms with E-state index in [4.69, 9.17) is 11.6 Å². The second-order valence-electron chi connectivity index (χ2n) is 3.55. The SMILES string of the molecule is CCN(CC(=O)NC)c1cccc(Cl)c1[N+](=O)[O-]. The Bertz CT molecular complexity index is 465. The van der Waals surface area contributed by atoms with E-state index in [-0.39, 0.29) is 23.2 Å². The summed E-state index contributed by atoms with van der Waals surface area (Å²) >= 11 is 5.83. The molecule has 1 aromatic carbocycles. The van der Waals surface area contributed by atoms with Crippen LogP contribution in [-0.2, 0) is 4.79 Å². The van der Waals surface area contributed by atoms with Gasteiger partial charge in [-0.3, -0.25) is 14.9 Å². The third-order valence-corrected chi connectivity index (χ3v) is 2.79. The zero-order valence-electron chi connectivity index (χ0n) is 10.1. The van der Waals surface area contributed by atoms with E-state index in [2.05, 4.69) is 5.32 Å². The number of anilines is 1. The lowest BCUT2D eigenvalue weighted by atomic mass is 10.2. The van der Waals surface area contributed by atoms with Crippen molar-refractivity contribution in [3.8, 4) is 0 Å². The number of amides is 1. The number of para-hydroxylation sites is 1. The first-order chi connectivity index (χ1) is 8.51. The molecule has 6 nitrogen and oxygen atoms in total. The van der Waals surface area contributed by atoms with Crippen molar-refractivity contribution in [2.75, 3.05) is 25.0 Å². The fourth-order valence-corrected chi connectivity index (χ4v) is 1.80. The minimum atomic E-state index is -0.538. The van der Waals surface area contributed by atoms with Crippen molar-refractivity contribution < 1.29 is 9.72 Å². The molecular formula is C11H14ClN3O3. The average molecular weight is 272 g/mol. The predicted molar refractivity (Wildman–Crippen MR) is 70.1 cm³/mol. The predicted octanol–water partition coefficient (Wildman–Crippen LogP) is 1.82. The molecule has 1 amide bonds. The molecule has 1 rings (SSSR count). The normalized spacial score (nSPS) is 9.94. The van der Waals surface area contributed by atoms with Crippen molar-refractivity contribution in [1.29, 1.82) is 0 Å². The van der Waals surface area contributed by atoms with Gasteiger partial charge in [0, 0.05) is 13.6 Å². The van der Waals surface area contributed by atoms with Gasteiger partial charge in [-0.15, -0.1) is 0 Å². The third kappa shape index (κ3) is 3.10. The number of carbonyl (C=O) groups excluding carboxylic acids is 1. The Morgan fingerprint density at radius 1 is 1.56 bits per heavy atom. The highest BCUT2D eigenvalue weighted by atomic mass is 35.5. The molecule has 18 heavy (non-hydrogen) atoms. The van der Waals surface area contributed by atoms with E-state index in [0.29, 0.717) is 12.2 Å². The van der Waals surface area contributed by atoms with Gasteiger partial charge in [-0.2, -0.15) is 0 Å². The van der Waals surface area contributed by atoms with Crippen LogP contribution in [0, 0.1) is 10.1 Å². The molecule has 0 aromatic heterocycles. The molecule has 0 bridgehead atoms. The minimum absolute atomic E-state index is 0.0498. The van der Waals surface area contributed by atoms with Crippen LogP contribution in [0.15, 0.2) is 18.2 Å². The largest absolute Gasteiger partial charge is 0.358 e. The lowest BCUT2D eigenvalue weighted by Crippen LogP contribution is -2.35. The molecule has 0 radical (unpaired) electrons. The standard InChI is InChI=1S/C11H14ClN3O3/c1-3-14(7-10(16)13-2)9-6-4-5-8(12)11(9)15(17)18/h4-6H,3,7H2,1-2H3,(H,13,16). The number of nitrogens with one attached hydrogen (secondary N) is 1. The number of halogens is 1.